The molecular formula is C9H17BO. The Hall–Kier alpha value is 0.0249. The maximum atomic E-state index is 5.56. The van der Waals surface area contributed by atoms with Gasteiger partial charge in [0.15, 0.2) is 0 Å². The van der Waals surface area contributed by atoms with E-state index >= 15 is 0 Å². The summed E-state index contributed by atoms with van der Waals surface area (Å²) in [6.45, 7) is 0.623. The number of fused-ring (bicyclic) bond motifs is 2. The molecule has 2 saturated heterocycles. The van der Waals surface area contributed by atoms with Gasteiger partial charge in [-0.2, -0.15) is 0 Å². The summed E-state index contributed by atoms with van der Waals surface area (Å²) in [6.07, 6.45) is 8.61. The summed E-state index contributed by atoms with van der Waals surface area (Å²) in [4.78, 5) is 0. The Morgan fingerprint density at radius 3 is 1.73 bits per heavy atom. The fraction of sp³-hybridized carbons (Fsp3) is 1.00. The van der Waals surface area contributed by atoms with E-state index in [1.165, 1.54) is 38.5 Å². The lowest BCUT2D eigenvalue weighted by Gasteiger charge is -2.38. The van der Waals surface area contributed by atoms with Crippen molar-refractivity contribution in [1.29, 1.82) is 0 Å². The maximum Gasteiger partial charge on any atom is 0.298 e. The molecule has 62 valence electrons. The summed E-state index contributed by atoms with van der Waals surface area (Å²) in [5, 5.41) is 0. The van der Waals surface area contributed by atoms with Gasteiger partial charge in [0.2, 0.25) is 0 Å². The Kier molecular flexibility index (Phi) is 2.21. The molecule has 2 heterocycles. The van der Waals surface area contributed by atoms with Crippen LogP contribution in [0, 0.1) is 0 Å². The monoisotopic (exact) mass is 152 g/mol. The van der Waals surface area contributed by atoms with E-state index in [0.717, 1.165) is 11.6 Å². The second-order valence-electron chi connectivity index (χ2n) is 4.08. The highest BCUT2D eigenvalue weighted by Gasteiger charge is 2.40. The first-order chi connectivity index (χ1) is 5.42. The fourth-order valence-corrected chi connectivity index (χ4v) is 3.00. The van der Waals surface area contributed by atoms with Crippen molar-refractivity contribution in [2.24, 2.45) is 0 Å². The molecule has 0 aromatic carbocycles. The van der Waals surface area contributed by atoms with E-state index in [1.54, 1.807) is 0 Å². The number of hydrogen-bond acceptors (Lipinski definition) is 1. The highest BCUT2D eigenvalue weighted by Crippen LogP contribution is 2.46. The van der Waals surface area contributed by atoms with Gasteiger partial charge in [0, 0.05) is 7.11 Å². The molecule has 0 saturated carbocycles. The summed E-state index contributed by atoms with van der Waals surface area (Å²) in [5.41, 5.74) is 0. The quantitative estimate of drug-likeness (QED) is 0.525. The molecule has 0 radical (unpaired) electrons. The van der Waals surface area contributed by atoms with Crippen LogP contribution in [0.1, 0.15) is 38.5 Å². The second kappa shape index (κ2) is 3.18. The van der Waals surface area contributed by atoms with Crippen LogP contribution in [-0.4, -0.2) is 14.0 Å². The van der Waals surface area contributed by atoms with Crippen molar-refractivity contribution < 1.29 is 4.65 Å². The van der Waals surface area contributed by atoms with Gasteiger partial charge in [-0.25, -0.2) is 0 Å². The topological polar surface area (TPSA) is 9.23 Å². The van der Waals surface area contributed by atoms with Crippen LogP contribution < -0.4 is 0 Å². The van der Waals surface area contributed by atoms with E-state index in [0.29, 0.717) is 6.92 Å². The van der Waals surface area contributed by atoms with Crippen molar-refractivity contribution in [3.63, 3.8) is 0 Å². The minimum absolute atomic E-state index is 0.623. The van der Waals surface area contributed by atoms with Gasteiger partial charge in [0.1, 0.15) is 0 Å². The smallest absolute Gasteiger partial charge is 0.298 e. The molecule has 0 amide bonds. The Bertz CT molecular complexity index is 116. The van der Waals surface area contributed by atoms with Gasteiger partial charge < -0.3 is 4.65 Å². The lowest BCUT2D eigenvalue weighted by atomic mass is 9.38. The minimum Gasteiger partial charge on any atom is -0.438 e. The van der Waals surface area contributed by atoms with E-state index in [4.69, 9.17) is 4.65 Å². The van der Waals surface area contributed by atoms with Gasteiger partial charge >= 0.3 is 0 Å². The summed E-state index contributed by atoms with van der Waals surface area (Å²) in [6, 6.07) is 0. The predicted molar refractivity (Wildman–Crippen MR) is 48.0 cm³/mol. The third-order valence-corrected chi connectivity index (χ3v) is 3.50. The zero-order valence-corrected chi connectivity index (χ0v) is 7.38. The number of rotatable bonds is 1. The third kappa shape index (κ3) is 1.33. The molecule has 2 aliphatic rings. The zero-order chi connectivity index (χ0) is 7.68. The molecule has 11 heavy (non-hydrogen) atoms. The van der Waals surface area contributed by atoms with E-state index in [-0.39, 0.29) is 0 Å². The molecular weight excluding hydrogens is 135 g/mol. The van der Waals surface area contributed by atoms with Gasteiger partial charge in [-0.05, 0) is 11.6 Å². The highest BCUT2D eigenvalue weighted by molar-refractivity contribution is 6.55. The molecule has 2 bridgehead atoms. The SMILES string of the molecule is COB1[C@H]2CCC[C@H]1CCC2. The van der Waals surface area contributed by atoms with Crippen molar-refractivity contribution in [1.82, 2.24) is 0 Å². The molecule has 0 aromatic heterocycles. The summed E-state index contributed by atoms with van der Waals surface area (Å²) in [5.74, 6) is 1.82. The maximum absolute atomic E-state index is 5.56. The number of hydrogen-bond donors (Lipinski definition) is 0. The molecule has 0 unspecified atom stereocenters. The molecule has 0 N–H and O–H groups in total. The molecule has 2 heteroatoms. The van der Waals surface area contributed by atoms with Gasteiger partial charge in [-0.3, -0.25) is 0 Å². The van der Waals surface area contributed by atoms with Gasteiger partial charge in [0.05, 0.1) is 0 Å². The van der Waals surface area contributed by atoms with Gasteiger partial charge in [0.25, 0.3) is 6.92 Å². The lowest BCUT2D eigenvalue weighted by molar-refractivity contribution is 0.326. The highest BCUT2D eigenvalue weighted by atomic mass is 16.4. The van der Waals surface area contributed by atoms with Crippen LogP contribution >= 0.6 is 0 Å². The summed E-state index contributed by atoms with van der Waals surface area (Å²) >= 11 is 0. The standard InChI is InChI=1S/C9H17BO/c1-11-10-8-4-2-5-9(10)7-3-6-8/h8-9H,2-7H2,1H3/t8-,9-. The fourth-order valence-electron chi connectivity index (χ4n) is 3.00. The molecule has 0 aromatic rings. The zero-order valence-electron chi connectivity index (χ0n) is 7.38. The minimum atomic E-state index is 0.623. The van der Waals surface area contributed by atoms with Gasteiger partial charge in [-0.15, -0.1) is 0 Å². The molecule has 2 aliphatic heterocycles. The Morgan fingerprint density at radius 2 is 1.45 bits per heavy atom. The normalized spacial score (nSPS) is 37.4. The van der Waals surface area contributed by atoms with Crippen molar-refractivity contribution >= 4 is 6.92 Å². The van der Waals surface area contributed by atoms with Crippen molar-refractivity contribution in [3.05, 3.63) is 0 Å². The Morgan fingerprint density at radius 1 is 1.00 bits per heavy atom. The molecule has 0 spiro atoms. The van der Waals surface area contributed by atoms with E-state index in [1.807, 2.05) is 7.11 Å². The van der Waals surface area contributed by atoms with Crippen molar-refractivity contribution in [2.45, 2.75) is 50.2 Å². The van der Waals surface area contributed by atoms with Crippen LogP contribution in [0.5, 0.6) is 0 Å². The van der Waals surface area contributed by atoms with E-state index in [9.17, 15) is 0 Å². The first kappa shape index (κ1) is 7.66. The van der Waals surface area contributed by atoms with E-state index < -0.39 is 0 Å². The van der Waals surface area contributed by atoms with Crippen LogP contribution in [0.15, 0.2) is 0 Å². The van der Waals surface area contributed by atoms with Crippen LogP contribution in [-0.2, 0) is 4.65 Å². The second-order valence-corrected chi connectivity index (χ2v) is 4.08. The summed E-state index contributed by atoms with van der Waals surface area (Å²) in [7, 11) is 1.89. The first-order valence-corrected chi connectivity index (χ1v) is 4.94. The summed E-state index contributed by atoms with van der Waals surface area (Å²) < 4.78 is 5.56. The average molecular weight is 152 g/mol. The molecule has 0 aliphatic carbocycles. The Balaban J connectivity index is 2.04. The third-order valence-electron chi connectivity index (χ3n) is 3.50. The first-order valence-electron chi connectivity index (χ1n) is 4.94. The molecule has 1 nitrogen and oxygen atoms in total. The van der Waals surface area contributed by atoms with E-state index in [2.05, 4.69) is 0 Å². The molecule has 2 fully saturated rings. The predicted octanol–water partition coefficient (Wildman–Crippen LogP) is 2.73. The van der Waals surface area contributed by atoms with Crippen molar-refractivity contribution in [3.8, 4) is 0 Å². The molecule has 0 atom stereocenters. The lowest BCUT2D eigenvalue weighted by Crippen LogP contribution is -2.36. The van der Waals surface area contributed by atoms with Crippen LogP contribution in [0.25, 0.3) is 0 Å². The van der Waals surface area contributed by atoms with Crippen LogP contribution in [0.3, 0.4) is 0 Å². The van der Waals surface area contributed by atoms with Crippen LogP contribution in [0.2, 0.25) is 11.6 Å². The average Bonchev–Trinajstić information content (AvgIpc) is 2.03. The van der Waals surface area contributed by atoms with Crippen molar-refractivity contribution in [2.75, 3.05) is 7.11 Å². The Labute approximate surface area is 69.6 Å². The molecule has 2 rings (SSSR count). The van der Waals surface area contributed by atoms with Gasteiger partial charge in [-0.1, -0.05) is 38.5 Å². The largest absolute Gasteiger partial charge is 0.438 e. The van der Waals surface area contributed by atoms with Crippen LogP contribution in [0.4, 0.5) is 0 Å².